The molecule has 1 aromatic heterocycles. The molecule has 2 N–H and O–H groups in total. The van der Waals surface area contributed by atoms with Crippen molar-refractivity contribution in [2.45, 2.75) is 26.7 Å². The summed E-state index contributed by atoms with van der Waals surface area (Å²) in [5, 5.41) is 6.15. The van der Waals surface area contributed by atoms with Gasteiger partial charge in [-0.15, -0.1) is 11.3 Å². The molecular formula is C24H28N4O5S. The molecule has 0 unspecified atom stereocenters. The van der Waals surface area contributed by atoms with Gasteiger partial charge in [0.25, 0.3) is 5.91 Å². The van der Waals surface area contributed by atoms with Gasteiger partial charge in [-0.05, 0) is 44.4 Å². The molecule has 9 nitrogen and oxygen atoms in total. The Balaban J connectivity index is 1.27. The van der Waals surface area contributed by atoms with Crippen LogP contribution in [-0.2, 0) is 14.3 Å². The summed E-state index contributed by atoms with van der Waals surface area (Å²) >= 11 is 1.34. The van der Waals surface area contributed by atoms with Crippen molar-refractivity contribution in [3.05, 3.63) is 46.3 Å². The fraction of sp³-hybridized carbons (Fsp3) is 0.417. The highest BCUT2D eigenvalue weighted by Crippen LogP contribution is 2.36. The van der Waals surface area contributed by atoms with E-state index in [1.807, 2.05) is 37.3 Å². The summed E-state index contributed by atoms with van der Waals surface area (Å²) in [5.41, 5.74) is 1.77. The van der Waals surface area contributed by atoms with E-state index >= 15 is 0 Å². The van der Waals surface area contributed by atoms with Crippen LogP contribution in [0.2, 0.25) is 0 Å². The fourth-order valence-electron chi connectivity index (χ4n) is 3.69. The summed E-state index contributed by atoms with van der Waals surface area (Å²) in [5.74, 6) is -1.01. The van der Waals surface area contributed by atoms with Crippen molar-refractivity contribution in [3.8, 4) is 0 Å². The Hall–Kier alpha value is -3.40. The van der Waals surface area contributed by atoms with Crippen molar-refractivity contribution in [2.75, 3.05) is 43.4 Å². The molecule has 2 aliphatic rings. The fourth-order valence-corrected chi connectivity index (χ4v) is 4.75. The number of carbonyl (C=O) groups excluding carboxylic acids is 4. The molecule has 0 radical (unpaired) electrons. The van der Waals surface area contributed by atoms with Crippen molar-refractivity contribution < 1.29 is 23.9 Å². The van der Waals surface area contributed by atoms with Crippen LogP contribution in [0.1, 0.15) is 33.6 Å². The van der Waals surface area contributed by atoms with Gasteiger partial charge >= 0.3 is 12.0 Å². The molecule has 180 valence electrons. The molecule has 1 aliphatic heterocycles. The summed E-state index contributed by atoms with van der Waals surface area (Å²) < 4.78 is 5.32. The van der Waals surface area contributed by atoms with Gasteiger partial charge in [0.15, 0.2) is 6.61 Å². The highest BCUT2D eigenvalue weighted by molar-refractivity contribution is 7.16. The molecule has 2 heterocycles. The Morgan fingerprint density at radius 3 is 2.26 bits per heavy atom. The first-order chi connectivity index (χ1) is 16.3. The van der Waals surface area contributed by atoms with E-state index in [0.717, 1.165) is 23.3 Å². The predicted molar refractivity (Wildman–Crippen MR) is 129 cm³/mol. The molecule has 2 fully saturated rings. The maximum absolute atomic E-state index is 12.8. The van der Waals surface area contributed by atoms with Crippen LogP contribution in [0.3, 0.4) is 0 Å². The summed E-state index contributed by atoms with van der Waals surface area (Å²) in [4.78, 5) is 54.1. The number of thiophene rings is 1. The lowest BCUT2D eigenvalue weighted by Crippen LogP contribution is -2.52. The topological polar surface area (TPSA) is 108 Å². The smallest absolute Gasteiger partial charge is 0.341 e. The van der Waals surface area contributed by atoms with Crippen LogP contribution in [0.5, 0.6) is 0 Å². The van der Waals surface area contributed by atoms with E-state index in [1.54, 1.807) is 16.7 Å². The van der Waals surface area contributed by atoms with Crippen molar-refractivity contribution in [2.24, 2.45) is 5.92 Å². The number of hydrogen-bond donors (Lipinski definition) is 2. The minimum Gasteiger partial charge on any atom is -0.452 e. The Kier molecular flexibility index (Phi) is 7.16. The second kappa shape index (κ2) is 10.3. The van der Waals surface area contributed by atoms with Gasteiger partial charge in [-0.3, -0.25) is 9.59 Å². The molecule has 1 aliphatic carbocycles. The molecule has 4 rings (SSSR count). The lowest BCUT2D eigenvalue weighted by Gasteiger charge is -2.34. The summed E-state index contributed by atoms with van der Waals surface area (Å²) in [7, 11) is 0. The van der Waals surface area contributed by atoms with E-state index in [4.69, 9.17) is 4.74 Å². The van der Waals surface area contributed by atoms with Crippen molar-refractivity contribution in [3.63, 3.8) is 0 Å². The Bertz CT molecular complexity index is 1090. The lowest BCUT2D eigenvalue weighted by molar-refractivity contribution is -0.135. The lowest BCUT2D eigenvalue weighted by atomic mass is 10.1. The van der Waals surface area contributed by atoms with Crippen LogP contribution in [0.25, 0.3) is 0 Å². The van der Waals surface area contributed by atoms with Crippen LogP contribution < -0.4 is 10.6 Å². The van der Waals surface area contributed by atoms with E-state index in [1.165, 1.54) is 11.3 Å². The number of anilines is 2. The molecule has 0 bridgehead atoms. The minimum absolute atomic E-state index is 0.0154. The van der Waals surface area contributed by atoms with Crippen LogP contribution >= 0.6 is 11.3 Å². The highest BCUT2D eigenvalue weighted by atomic mass is 32.1. The zero-order valence-corrected chi connectivity index (χ0v) is 20.1. The number of esters is 1. The second-order valence-electron chi connectivity index (χ2n) is 8.49. The number of benzene rings is 1. The maximum atomic E-state index is 12.8. The molecular weight excluding hydrogens is 456 g/mol. The van der Waals surface area contributed by atoms with Gasteiger partial charge in [-0.2, -0.15) is 0 Å². The zero-order chi connectivity index (χ0) is 24.2. The summed E-state index contributed by atoms with van der Waals surface area (Å²) in [6.45, 7) is 4.78. The Morgan fingerprint density at radius 1 is 0.971 bits per heavy atom. The second-order valence-corrected chi connectivity index (χ2v) is 9.72. The molecule has 1 saturated heterocycles. The van der Waals surface area contributed by atoms with E-state index in [9.17, 15) is 19.2 Å². The van der Waals surface area contributed by atoms with E-state index in [2.05, 4.69) is 10.6 Å². The number of nitrogens with one attached hydrogen (secondary N) is 2. The van der Waals surface area contributed by atoms with Gasteiger partial charge in [0.05, 0.1) is 5.56 Å². The normalized spacial score (nSPS) is 15.6. The van der Waals surface area contributed by atoms with Gasteiger partial charge in [0, 0.05) is 42.7 Å². The monoisotopic (exact) mass is 484 g/mol. The van der Waals surface area contributed by atoms with Crippen LogP contribution in [0.4, 0.5) is 15.5 Å². The maximum Gasteiger partial charge on any atom is 0.341 e. The largest absolute Gasteiger partial charge is 0.452 e. The first-order valence-corrected chi connectivity index (χ1v) is 12.1. The van der Waals surface area contributed by atoms with E-state index in [-0.39, 0.29) is 30.4 Å². The molecule has 1 aromatic carbocycles. The number of amides is 4. The van der Waals surface area contributed by atoms with Gasteiger partial charge in [0.1, 0.15) is 5.00 Å². The average molecular weight is 485 g/mol. The first-order valence-electron chi connectivity index (χ1n) is 11.3. The van der Waals surface area contributed by atoms with Gasteiger partial charge in [0.2, 0.25) is 5.91 Å². The first kappa shape index (κ1) is 23.7. The number of ether oxygens (including phenoxy) is 1. The third-order valence-corrected chi connectivity index (χ3v) is 7.17. The molecule has 1 saturated carbocycles. The predicted octanol–water partition coefficient (Wildman–Crippen LogP) is 3.25. The van der Waals surface area contributed by atoms with E-state index < -0.39 is 5.97 Å². The minimum atomic E-state index is -0.623. The molecule has 0 spiro atoms. The third-order valence-electron chi connectivity index (χ3n) is 6.05. The van der Waals surface area contributed by atoms with E-state index in [0.29, 0.717) is 42.4 Å². The number of rotatable bonds is 6. The average Bonchev–Trinajstić information content (AvgIpc) is 3.65. The van der Waals surface area contributed by atoms with Gasteiger partial charge in [-0.1, -0.05) is 18.2 Å². The number of urea groups is 1. The standard InChI is InChI=1S/C24H28N4O5S/c1-15-16(2)34-22(26-21(30)17-8-9-17)20(15)23(31)33-14-19(29)27-10-12-28(13-11-27)24(32)25-18-6-4-3-5-7-18/h3-7,17H,8-14H2,1-2H3,(H,25,32)(H,26,30). The van der Waals surface area contributed by atoms with Gasteiger partial charge in [-0.25, -0.2) is 9.59 Å². The molecule has 2 aromatic rings. The van der Waals surface area contributed by atoms with Crippen molar-refractivity contribution >= 4 is 45.8 Å². The third kappa shape index (κ3) is 5.56. The Morgan fingerprint density at radius 2 is 1.62 bits per heavy atom. The molecule has 0 atom stereocenters. The van der Waals surface area contributed by atoms with Crippen LogP contribution in [0, 0.1) is 19.8 Å². The van der Waals surface area contributed by atoms with Crippen LogP contribution in [-0.4, -0.2) is 66.4 Å². The zero-order valence-electron chi connectivity index (χ0n) is 19.3. The number of aryl methyl sites for hydroxylation is 1. The summed E-state index contributed by atoms with van der Waals surface area (Å²) in [6, 6.07) is 8.97. The highest BCUT2D eigenvalue weighted by Gasteiger charge is 2.32. The summed E-state index contributed by atoms with van der Waals surface area (Å²) in [6.07, 6.45) is 1.73. The molecule has 10 heteroatoms. The SMILES string of the molecule is Cc1sc(NC(=O)C2CC2)c(C(=O)OCC(=O)N2CCN(C(=O)Nc3ccccc3)CC2)c1C. The molecule has 34 heavy (non-hydrogen) atoms. The number of para-hydroxylation sites is 1. The number of nitrogens with zero attached hydrogens (tertiary/aromatic N) is 2. The van der Waals surface area contributed by atoms with Crippen molar-refractivity contribution in [1.82, 2.24) is 9.80 Å². The number of piperazine rings is 1. The quantitative estimate of drug-likeness (QED) is 0.612. The Labute approximate surface area is 202 Å². The van der Waals surface area contributed by atoms with Crippen LogP contribution in [0.15, 0.2) is 30.3 Å². The van der Waals surface area contributed by atoms with Gasteiger partial charge < -0.3 is 25.2 Å². The number of carbonyl (C=O) groups is 4. The number of hydrogen-bond acceptors (Lipinski definition) is 6. The van der Waals surface area contributed by atoms with Crippen molar-refractivity contribution in [1.29, 1.82) is 0 Å². The molecule has 4 amide bonds.